The Balaban J connectivity index is 1.24. The van der Waals surface area contributed by atoms with Crippen molar-refractivity contribution in [1.29, 1.82) is 0 Å². The van der Waals surface area contributed by atoms with Crippen molar-refractivity contribution in [2.24, 2.45) is 35.5 Å². The minimum absolute atomic E-state index is 0.0253. The average molecular weight is 421 g/mol. The normalized spacial score (nSPS) is 52.2. The Morgan fingerprint density at radius 1 is 0.586 bits per heavy atom. The highest BCUT2D eigenvalue weighted by molar-refractivity contribution is 4.94. The minimum Gasteiger partial charge on any atom is -0.352 e. The number of hydrogen-bond acceptors (Lipinski definition) is 2. The predicted octanol–water partition coefficient (Wildman–Crippen LogP) is 5.98. The molecular formula is C23H36F4O2. The van der Waals surface area contributed by atoms with Crippen molar-refractivity contribution in [1.82, 2.24) is 0 Å². The molecule has 3 saturated carbocycles. The molecular weight excluding hydrogens is 384 g/mol. The van der Waals surface area contributed by atoms with Crippen LogP contribution in [-0.4, -0.2) is 44.2 Å². The van der Waals surface area contributed by atoms with E-state index >= 15 is 4.39 Å². The lowest BCUT2D eigenvalue weighted by molar-refractivity contribution is -0.227. The van der Waals surface area contributed by atoms with E-state index in [0.717, 1.165) is 45.3 Å². The van der Waals surface area contributed by atoms with Crippen LogP contribution < -0.4 is 0 Å². The zero-order chi connectivity index (χ0) is 20.5. The fourth-order valence-corrected chi connectivity index (χ4v) is 6.41. The molecule has 6 heteroatoms. The number of halogens is 4. The number of hydrogen-bond donors (Lipinski definition) is 0. The lowest BCUT2D eigenvalue weighted by atomic mass is 9.64. The van der Waals surface area contributed by atoms with Crippen molar-refractivity contribution in [3.63, 3.8) is 0 Å². The molecule has 0 amide bonds. The molecule has 4 rings (SSSR count). The standard InChI is InChI=1S/C23H36F4O2/c1-13-11-28-23(29-12-13)15-4-2-14(3-5-15)16-6-7-18(19(24)8-16)17-9-20(25)22(27)21(26)10-17/h13-23H,2-12H2,1H3. The third-order valence-electron chi connectivity index (χ3n) is 8.17. The van der Waals surface area contributed by atoms with Crippen molar-refractivity contribution < 1.29 is 27.0 Å². The Labute approximate surface area is 172 Å². The molecule has 0 aromatic rings. The van der Waals surface area contributed by atoms with Crippen molar-refractivity contribution >= 4 is 0 Å². The molecule has 4 fully saturated rings. The van der Waals surface area contributed by atoms with E-state index < -0.39 is 24.7 Å². The van der Waals surface area contributed by atoms with Crippen LogP contribution >= 0.6 is 0 Å². The van der Waals surface area contributed by atoms with Gasteiger partial charge in [-0.3, -0.25) is 0 Å². The summed E-state index contributed by atoms with van der Waals surface area (Å²) in [7, 11) is 0. The van der Waals surface area contributed by atoms with Gasteiger partial charge in [0.05, 0.1) is 13.2 Å². The van der Waals surface area contributed by atoms with Crippen LogP contribution in [0, 0.1) is 35.5 Å². The number of ether oxygens (including phenoxy) is 2. The van der Waals surface area contributed by atoms with Gasteiger partial charge in [0.2, 0.25) is 0 Å². The maximum atomic E-state index is 15.0. The molecule has 168 valence electrons. The molecule has 1 heterocycles. The Hall–Kier alpha value is -0.360. The van der Waals surface area contributed by atoms with Gasteiger partial charge in [-0.05, 0) is 81.5 Å². The fraction of sp³-hybridized carbons (Fsp3) is 1.00. The molecule has 1 aliphatic heterocycles. The summed E-state index contributed by atoms with van der Waals surface area (Å²) in [5.41, 5.74) is 0. The van der Waals surface area contributed by atoms with Crippen molar-refractivity contribution in [2.45, 2.75) is 95.7 Å². The zero-order valence-electron chi connectivity index (χ0n) is 17.5. The molecule has 0 spiro atoms. The fourth-order valence-electron chi connectivity index (χ4n) is 6.41. The SMILES string of the molecule is CC1COC(C2CCC(C3CCC(C4CC(F)C(F)C(F)C4)C(F)C3)CC2)OC1. The predicted molar refractivity (Wildman–Crippen MR) is 103 cm³/mol. The van der Waals surface area contributed by atoms with Crippen LogP contribution in [-0.2, 0) is 9.47 Å². The first-order valence-corrected chi connectivity index (χ1v) is 11.7. The summed E-state index contributed by atoms with van der Waals surface area (Å²) >= 11 is 0. The van der Waals surface area contributed by atoms with Crippen LogP contribution in [0.3, 0.4) is 0 Å². The molecule has 2 nitrogen and oxygen atoms in total. The van der Waals surface area contributed by atoms with E-state index in [9.17, 15) is 13.2 Å². The molecule has 0 aromatic carbocycles. The van der Waals surface area contributed by atoms with Gasteiger partial charge in [0.25, 0.3) is 0 Å². The lowest BCUT2D eigenvalue weighted by Crippen LogP contribution is -2.43. The van der Waals surface area contributed by atoms with Crippen molar-refractivity contribution in [2.75, 3.05) is 13.2 Å². The summed E-state index contributed by atoms with van der Waals surface area (Å²) in [6.45, 7) is 3.66. The summed E-state index contributed by atoms with van der Waals surface area (Å²) in [5, 5.41) is 0. The average Bonchev–Trinajstić information content (AvgIpc) is 2.72. The molecule has 0 radical (unpaired) electrons. The Morgan fingerprint density at radius 3 is 1.69 bits per heavy atom. The van der Waals surface area contributed by atoms with E-state index in [4.69, 9.17) is 9.47 Å². The van der Waals surface area contributed by atoms with Crippen LogP contribution in [0.25, 0.3) is 0 Å². The first kappa shape index (κ1) is 21.9. The second-order valence-electron chi connectivity index (χ2n) is 10.3. The maximum Gasteiger partial charge on any atom is 0.162 e. The van der Waals surface area contributed by atoms with E-state index in [1.54, 1.807) is 0 Å². The van der Waals surface area contributed by atoms with E-state index in [1.807, 2.05) is 0 Å². The summed E-state index contributed by atoms with van der Waals surface area (Å²) in [6, 6.07) is 0. The van der Waals surface area contributed by atoms with Gasteiger partial charge in [-0.25, -0.2) is 17.6 Å². The van der Waals surface area contributed by atoms with Gasteiger partial charge in [0.1, 0.15) is 18.5 Å². The third kappa shape index (κ3) is 4.94. The zero-order valence-corrected chi connectivity index (χ0v) is 17.5. The van der Waals surface area contributed by atoms with Gasteiger partial charge >= 0.3 is 0 Å². The minimum atomic E-state index is -2.03. The highest BCUT2D eigenvalue weighted by atomic mass is 19.2. The summed E-state index contributed by atoms with van der Waals surface area (Å²) in [5.74, 6) is 1.11. The summed E-state index contributed by atoms with van der Waals surface area (Å²) in [4.78, 5) is 0. The lowest BCUT2D eigenvalue weighted by Gasteiger charge is -2.44. The quantitative estimate of drug-likeness (QED) is 0.523. The smallest absolute Gasteiger partial charge is 0.162 e. The molecule has 0 bridgehead atoms. The van der Waals surface area contributed by atoms with E-state index in [1.165, 1.54) is 0 Å². The van der Waals surface area contributed by atoms with Crippen molar-refractivity contribution in [3.8, 4) is 0 Å². The number of alkyl halides is 4. The van der Waals surface area contributed by atoms with Crippen molar-refractivity contribution in [3.05, 3.63) is 0 Å². The van der Waals surface area contributed by atoms with E-state index in [2.05, 4.69) is 6.92 Å². The molecule has 5 atom stereocenters. The van der Waals surface area contributed by atoms with E-state index in [-0.39, 0.29) is 31.0 Å². The Bertz CT molecular complexity index is 507. The van der Waals surface area contributed by atoms with Gasteiger partial charge < -0.3 is 9.47 Å². The van der Waals surface area contributed by atoms with E-state index in [0.29, 0.717) is 36.5 Å². The Morgan fingerprint density at radius 2 is 1.10 bits per heavy atom. The molecule has 0 N–H and O–H groups in total. The van der Waals surface area contributed by atoms with Crippen LogP contribution in [0.1, 0.15) is 64.7 Å². The first-order valence-electron chi connectivity index (χ1n) is 11.7. The second-order valence-corrected chi connectivity index (χ2v) is 10.3. The number of rotatable bonds is 3. The molecule has 0 aromatic heterocycles. The second kappa shape index (κ2) is 9.42. The Kier molecular flexibility index (Phi) is 7.10. The van der Waals surface area contributed by atoms with Gasteiger partial charge in [-0.15, -0.1) is 0 Å². The van der Waals surface area contributed by atoms with Crippen LogP contribution in [0.15, 0.2) is 0 Å². The highest BCUT2D eigenvalue weighted by Crippen LogP contribution is 2.48. The summed E-state index contributed by atoms with van der Waals surface area (Å²) in [6.07, 6.45) is -0.344. The van der Waals surface area contributed by atoms with Crippen LogP contribution in [0.2, 0.25) is 0 Å². The molecule has 1 saturated heterocycles. The monoisotopic (exact) mass is 420 g/mol. The highest BCUT2D eigenvalue weighted by Gasteiger charge is 2.46. The van der Waals surface area contributed by atoms with Gasteiger partial charge in [-0.2, -0.15) is 0 Å². The topological polar surface area (TPSA) is 18.5 Å². The molecule has 5 unspecified atom stereocenters. The first-order chi connectivity index (χ1) is 13.9. The van der Waals surface area contributed by atoms with Gasteiger partial charge in [0, 0.05) is 11.8 Å². The molecule has 3 aliphatic carbocycles. The maximum absolute atomic E-state index is 15.0. The van der Waals surface area contributed by atoms with Gasteiger partial charge in [-0.1, -0.05) is 6.92 Å². The largest absolute Gasteiger partial charge is 0.352 e. The molecule has 4 aliphatic rings. The molecule has 29 heavy (non-hydrogen) atoms. The summed E-state index contributed by atoms with van der Waals surface area (Å²) < 4.78 is 67.7. The third-order valence-corrected chi connectivity index (χ3v) is 8.17. The van der Waals surface area contributed by atoms with Crippen LogP contribution in [0.5, 0.6) is 0 Å². The van der Waals surface area contributed by atoms with Crippen LogP contribution in [0.4, 0.5) is 17.6 Å². The van der Waals surface area contributed by atoms with Gasteiger partial charge in [0.15, 0.2) is 12.5 Å².